The number of rotatable bonds is 5. The molecule has 0 unspecified atom stereocenters. The van der Waals surface area contributed by atoms with Gasteiger partial charge in [0.1, 0.15) is 12.7 Å². The lowest BCUT2D eigenvalue weighted by Gasteiger charge is -2.08. The van der Waals surface area contributed by atoms with Gasteiger partial charge in [-0.05, 0) is 36.8 Å². The molecule has 6 nitrogen and oxygen atoms in total. The molecule has 1 aromatic heterocycles. The number of carbonyl (C=O) groups is 2. The van der Waals surface area contributed by atoms with Gasteiger partial charge in [0.25, 0.3) is 5.91 Å². The molecule has 0 aliphatic rings. The molecule has 0 fully saturated rings. The number of carbonyl (C=O) groups excluding carboxylic acids is 2. The molecule has 3 aromatic rings. The Hall–Kier alpha value is -3.28. The second-order valence-electron chi connectivity index (χ2n) is 5.38. The van der Waals surface area contributed by atoms with Crippen molar-refractivity contribution < 1.29 is 9.59 Å². The van der Waals surface area contributed by atoms with Crippen LogP contribution in [0.25, 0.3) is 0 Å². The van der Waals surface area contributed by atoms with Gasteiger partial charge in [-0.25, -0.2) is 9.67 Å². The molecule has 1 N–H and O–H groups in total. The van der Waals surface area contributed by atoms with E-state index < -0.39 is 0 Å². The molecule has 2 aromatic carbocycles. The van der Waals surface area contributed by atoms with E-state index in [1.165, 1.54) is 13.3 Å². The summed E-state index contributed by atoms with van der Waals surface area (Å²) in [4.78, 5) is 27.7. The normalized spacial score (nSPS) is 10.4. The summed E-state index contributed by atoms with van der Waals surface area (Å²) in [6.07, 6.45) is 3.10. The number of aromatic nitrogens is 3. The van der Waals surface area contributed by atoms with E-state index in [-0.39, 0.29) is 11.7 Å². The third kappa shape index (κ3) is 3.73. The van der Waals surface area contributed by atoms with Crippen molar-refractivity contribution in [3.8, 4) is 0 Å². The summed E-state index contributed by atoms with van der Waals surface area (Å²) < 4.78 is 1.69. The smallest absolute Gasteiger partial charge is 0.255 e. The first-order valence-corrected chi connectivity index (χ1v) is 7.45. The molecule has 1 heterocycles. The number of hydrogen-bond acceptors (Lipinski definition) is 4. The standard InChI is InChI=1S/C18H16N4O2/c1-13(23)15-5-3-7-17(9-15)21-18(24)16-6-2-4-14(8-16)10-22-12-19-11-20-22/h2-9,11-12H,10H2,1H3,(H,21,24). The van der Waals surface area contributed by atoms with Crippen molar-refractivity contribution in [3.63, 3.8) is 0 Å². The number of nitrogens with zero attached hydrogens (tertiary/aromatic N) is 3. The number of hydrogen-bond donors (Lipinski definition) is 1. The summed E-state index contributed by atoms with van der Waals surface area (Å²) in [7, 11) is 0. The van der Waals surface area contributed by atoms with Crippen LogP contribution in [0.3, 0.4) is 0 Å². The van der Waals surface area contributed by atoms with Crippen LogP contribution < -0.4 is 5.32 Å². The third-order valence-electron chi connectivity index (χ3n) is 3.53. The second kappa shape index (κ2) is 6.87. The van der Waals surface area contributed by atoms with Crippen LogP contribution in [0.1, 0.15) is 33.2 Å². The predicted molar refractivity (Wildman–Crippen MR) is 90.0 cm³/mol. The number of anilines is 1. The topological polar surface area (TPSA) is 76.9 Å². The van der Waals surface area contributed by atoms with E-state index in [2.05, 4.69) is 15.4 Å². The zero-order valence-corrected chi connectivity index (χ0v) is 13.1. The van der Waals surface area contributed by atoms with Crippen molar-refractivity contribution in [3.05, 3.63) is 77.9 Å². The Morgan fingerprint density at radius 2 is 1.88 bits per heavy atom. The molecule has 0 saturated heterocycles. The summed E-state index contributed by atoms with van der Waals surface area (Å²) in [5, 5.41) is 6.87. The molecule has 0 bridgehead atoms. The van der Waals surface area contributed by atoms with Gasteiger partial charge in [-0.1, -0.05) is 24.3 Å². The SMILES string of the molecule is CC(=O)c1cccc(NC(=O)c2cccc(Cn3cncn3)c2)c1. The van der Waals surface area contributed by atoms with Crippen molar-refractivity contribution in [2.75, 3.05) is 5.32 Å². The number of amides is 1. The molecular weight excluding hydrogens is 304 g/mol. The lowest BCUT2D eigenvalue weighted by Crippen LogP contribution is -2.13. The molecule has 0 saturated carbocycles. The Bertz CT molecular complexity index is 872. The first kappa shape index (κ1) is 15.6. The minimum atomic E-state index is -0.226. The van der Waals surface area contributed by atoms with E-state index in [0.29, 0.717) is 23.4 Å². The van der Waals surface area contributed by atoms with Crippen molar-refractivity contribution in [2.24, 2.45) is 0 Å². The van der Waals surface area contributed by atoms with Gasteiger partial charge in [0.15, 0.2) is 5.78 Å². The number of ketones is 1. The van der Waals surface area contributed by atoms with Gasteiger partial charge in [0, 0.05) is 16.8 Å². The van der Waals surface area contributed by atoms with Gasteiger partial charge in [0.05, 0.1) is 6.54 Å². The highest BCUT2D eigenvalue weighted by Crippen LogP contribution is 2.14. The van der Waals surface area contributed by atoms with E-state index in [0.717, 1.165) is 5.56 Å². The Labute approximate surface area is 139 Å². The van der Waals surface area contributed by atoms with E-state index in [1.807, 2.05) is 18.2 Å². The van der Waals surface area contributed by atoms with Crippen LogP contribution in [0.2, 0.25) is 0 Å². The average Bonchev–Trinajstić information content (AvgIpc) is 3.08. The van der Waals surface area contributed by atoms with Gasteiger partial charge >= 0.3 is 0 Å². The minimum absolute atomic E-state index is 0.0408. The summed E-state index contributed by atoms with van der Waals surface area (Å²) in [6.45, 7) is 2.04. The summed E-state index contributed by atoms with van der Waals surface area (Å²) >= 11 is 0. The molecule has 6 heteroatoms. The van der Waals surface area contributed by atoms with Crippen molar-refractivity contribution in [2.45, 2.75) is 13.5 Å². The van der Waals surface area contributed by atoms with Gasteiger partial charge in [-0.15, -0.1) is 0 Å². The monoisotopic (exact) mass is 320 g/mol. The van der Waals surface area contributed by atoms with Crippen LogP contribution >= 0.6 is 0 Å². The van der Waals surface area contributed by atoms with Crippen LogP contribution in [-0.4, -0.2) is 26.5 Å². The largest absolute Gasteiger partial charge is 0.322 e. The molecule has 3 rings (SSSR count). The number of nitrogens with one attached hydrogen (secondary N) is 1. The Morgan fingerprint density at radius 3 is 2.62 bits per heavy atom. The first-order chi connectivity index (χ1) is 11.6. The maximum Gasteiger partial charge on any atom is 0.255 e. The first-order valence-electron chi connectivity index (χ1n) is 7.45. The Balaban J connectivity index is 1.75. The summed E-state index contributed by atoms with van der Waals surface area (Å²) in [5.74, 6) is -0.267. The fourth-order valence-corrected chi connectivity index (χ4v) is 2.33. The van der Waals surface area contributed by atoms with Gasteiger partial charge in [0.2, 0.25) is 0 Å². The minimum Gasteiger partial charge on any atom is -0.322 e. The number of Topliss-reactive ketones (excluding diaryl/α,β-unsaturated/α-hetero) is 1. The van der Waals surface area contributed by atoms with E-state index in [4.69, 9.17) is 0 Å². The molecule has 0 aliphatic heterocycles. The highest BCUT2D eigenvalue weighted by molar-refractivity contribution is 6.05. The second-order valence-corrected chi connectivity index (χ2v) is 5.38. The fraction of sp³-hybridized carbons (Fsp3) is 0.111. The van der Waals surface area contributed by atoms with Crippen molar-refractivity contribution in [1.82, 2.24) is 14.8 Å². The maximum absolute atomic E-state index is 12.4. The van der Waals surface area contributed by atoms with E-state index in [1.54, 1.807) is 41.3 Å². The average molecular weight is 320 g/mol. The Kier molecular flexibility index (Phi) is 4.47. The summed E-state index contributed by atoms with van der Waals surface area (Å²) in [5.41, 5.74) is 2.65. The lowest BCUT2D eigenvalue weighted by atomic mass is 10.1. The maximum atomic E-state index is 12.4. The molecule has 24 heavy (non-hydrogen) atoms. The van der Waals surface area contributed by atoms with Crippen LogP contribution in [-0.2, 0) is 6.54 Å². The van der Waals surface area contributed by atoms with Crippen LogP contribution in [0.15, 0.2) is 61.2 Å². The zero-order chi connectivity index (χ0) is 16.9. The molecule has 0 radical (unpaired) electrons. The van der Waals surface area contributed by atoms with E-state index in [9.17, 15) is 9.59 Å². The van der Waals surface area contributed by atoms with Crippen molar-refractivity contribution in [1.29, 1.82) is 0 Å². The van der Waals surface area contributed by atoms with Gasteiger partial charge in [-0.2, -0.15) is 5.10 Å². The molecular formula is C18H16N4O2. The lowest BCUT2D eigenvalue weighted by molar-refractivity contribution is 0.101. The van der Waals surface area contributed by atoms with Gasteiger partial charge in [-0.3, -0.25) is 9.59 Å². The van der Waals surface area contributed by atoms with Crippen LogP contribution in [0, 0.1) is 0 Å². The van der Waals surface area contributed by atoms with E-state index >= 15 is 0 Å². The fourth-order valence-electron chi connectivity index (χ4n) is 2.33. The Morgan fingerprint density at radius 1 is 1.08 bits per heavy atom. The number of benzene rings is 2. The van der Waals surface area contributed by atoms with Crippen LogP contribution in [0.5, 0.6) is 0 Å². The molecule has 1 amide bonds. The molecule has 0 aliphatic carbocycles. The highest BCUT2D eigenvalue weighted by atomic mass is 16.1. The highest BCUT2D eigenvalue weighted by Gasteiger charge is 2.08. The molecule has 120 valence electrons. The predicted octanol–water partition coefficient (Wildman–Crippen LogP) is 2.78. The molecule has 0 atom stereocenters. The molecule has 0 spiro atoms. The third-order valence-corrected chi connectivity index (χ3v) is 3.53. The quantitative estimate of drug-likeness (QED) is 0.733. The van der Waals surface area contributed by atoms with Crippen molar-refractivity contribution >= 4 is 17.4 Å². The zero-order valence-electron chi connectivity index (χ0n) is 13.1. The van der Waals surface area contributed by atoms with Crippen LogP contribution in [0.4, 0.5) is 5.69 Å². The van der Waals surface area contributed by atoms with Gasteiger partial charge < -0.3 is 5.32 Å². The summed E-state index contributed by atoms with van der Waals surface area (Å²) in [6, 6.07) is 14.2.